The Morgan fingerprint density at radius 2 is 1.81 bits per heavy atom. The molecule has 3 heterocycles. The first-order chi connectivity index (χ1) is 15.4. The predicted octanol–water partition coefficient (Wildman–Crippen LogP) is 2.66. The Balaban J connectivity index is 1.28. The number of rotatable bonds is 4. The SMILES string of the molecule is O=C(NNC(=O)C1CCN(S(=O)(=O)c2cccnc2)CC1)c1cc2c(s1)CCCCCC2. The molecule has 1 aliphatic heterocycles. The van der Waals surface area contributed by atoms with Gasteiger partial charge in [-0.3, -0.25) is 25.4 Å². The average molecular weight is 477 g/mol. The van der Waals surface area contributed by atoms with Crippen molar-refractivity contribution in [2.24, 2.45) is 5.92 Å². The van der Waals surface area contributed by atoms with Gasteiger partial charge in [-0.05, 0) is 62.3 Å². The first-order valence-electron chi connectivity index (χ1n) is 11.1. The van der Waals surface area contributed by atoms with Gasteiger partial charge in [-0.1, -0.05) is 12.8 Å². The molecular weight excluding hydrogens is 448 g/mol. The number of aryl methyl sites for hydroxylation is 2. The summed E-state index contributed by atoms with van der Waals surface area (Å²) in [5.74, 6) is -0.933. The van der Waals surface area contributed by atoms with E-state index in [-0.39, 0.29) is 35.7 Å². The van der Waals surface area contributed by atoms with Gasteiger partial charge in [-0.2, -0.15) is 4.31 Å². The summed E-state index contributed by atoms with van der Waals surface area (Å²) in [7, 11) is -3.61. The Morgan fingerprint density at radius 1 is 1.06 bits per heavy atom. The van der Waals surface area contributed by atoms with Crippen molar-refractivity contribution in [3.05, 3.63) is 45.9 Å². The predicted molar refractivity (Wildman–Crippen MR) is 122 cm³/mol. The highest BCUT2D eigenvalue weighted by Gasteiger charge is 2.32. The topological polar surface area (TPSA) is 108 Å². The maximum absolute atomic E-state index is 12.7. The molecule has 0 bridgehead atoms. The van der Waals surface area contributed by atoms with Crippen LogP contribution in [0.4, 0.5) is 0 Å². The Labute approximate surface area is 192 Å². The zero-order chi connectivity index (χ0) is 22.6. The second-order valence-corrected chi connectivity index (χ2v) is 11.4. The van der Waals surface area contributed by atoms with Crippen LogP contribution in [0.2, 0.25) is 0 Å². The lowest BCUT2D eigenvalue weighted by Gasteiger charge is -2.30. The summed E-state index contributed by atoms with van der Waals surface area (Å²) in [5, 5.41) is 0. The van der Waals surface area contributed by atoms with Crippen LogP contribution in [0.1, 0.15) is 58.6 Å². The fourth-order valence-corrected chi connectivity index (χ4v) is 6.83. The number of amides is 2. The summed E-state index contributed by atoms with van der Waals surface area (Å²) >= 11 is 1.51. The summed E-state index contributed by atoms with van der Waals surface area (Å²) in [6.45, 7) is 0.502. The van der Waals surface area contributed by atoms with E-state index in [9.17, 15) is 18.0 Å². The number of nitrogens with zero attached hydrogens (tertiary/aromatic N) is 2. The minimum Gasteiger partial charge on any atom is -0.273 e. The molecule has 2 amide bonds. The number of thiophene rings is 1. The number of carbonyl (C=O) groups excluding carboxylic acids is 2. The number of sulfonamides is 1. The van der Waals surface area contributed by atoms with Crippen LogP contribution in [-0.4, -0.2) is 42.6 Å². The van der Waals surface area contributed by atoms with Gasteiger partial charge in [0.1, 0.15) is 4.90 Å². The van der Waals surface area contributed by atoms with E-state index in [0.29, 0.717) is 17.7 Å². The number of hydrogen-bond donors (Lipinski definition) is 2. The number of piperidine rings is 1. The second-order valence-electron chi connectivity index (χ2n) is 8.28. The van der Waals surface area contributed by atoms with Gasteiger partial charge in [0.25, 0.3) is 5.91 Å². The molecule has 172 valence electrons. The van der Waals surface area contributed by atoms with Gasteiger partial charge >= 0.3 is 0 Å². The number of hydrogen-bond acceptors (Lipinski definition) is 6. The Bertz CT molecular complexity index is 1040. The van der Waals surface area contributed by atoms with Crippen LogP contribution in [0.25, 0.3) is 0 Å². The maximum Gasteiger partial charge on any atom is 0.279 e. The molecule has 2 aromatic heterocycles. The highest BCUT2D eigenvalue weighted by molar-refractivity contribution is 7.89. The number of hydrazine groups is 1. The van der Waals surface area contributed by atoms with Gasteiger partial charge in [0, 0.05) is 36.3 Å². The van der Waals surface area contributed by atoms with E-state index in [1.165, 1.54) is 57.4 Å². The van der Waals surface area contributed by atoms with Crippen LogP contribution >= 0.6 is 11.3 Å². The van der Waals surface area contributed by atoms with E-state index in [1.54, 1.807) is 6.07 Å². The smallest absolute Gasteiger partial charge is 0.273 e. The van der Waals surface area contributed by atoms with Crippen LogP contribution in [0, 0.1) is 5.92 Å². The van der Waals surface area contributed by atoms with Crippen molar-refractivity contribution in [3.63, 3.8) is 0 Å². The van der Waals surface area contributed by atoms with Crippen molar-refractivity contribution in [2.75, 3.05) is 13.1 Å². The molecule has 1 aliphatic carbocycles. The Kier molecular flexibility index (Phi) is 7.22. The molecule has 0 radical (unpaired) electrons. The summed E-state index contributed by atoms with van der Waals surface area (Å²) in [4.78, 5) is 31.0. The van der Waals surface area contributed by atoms with Crippen LogP contribution in [0.3, 0.4) is 0 Å². The summed E-state index contributed by atoms with van der Waals surface area (Å²) in [6.07, 6.45) is 10.4. The van der Waals surface area contributed by atoms with Gasteiger partial charge < -0.3 is 0 Å². The van der Waals surface area contributed by atoms with Gasteiger partial charge in [-0.15, -0.1) is 11.3 Å². The highest BCUT2D eigenvalue weighted by atomic mass is 32.2. The zero-order valence-corrected chi connectivity index (χ0v) is 19.5. The van der Waals surface area contributed by atoms with Gasteiger partial charge in [0.2, 0.25) is 15.9 Å². The molecule has 2 N–H and O–H groups in total. The number of nitrogens with one attached hydrogen (secondary N) is 2. The molecular formula is C22H28N4O4S2. The molecule has 0 unspecified atom stereocenters. The molecule has 0 aromatic carbocycles. The number of aromatic nitrogens is 1. The molecule has 2 aliphatic rings. The maximum atomic E-state index is 12.7. The molecule has 1 fully saturated rings. The van der Waals surface area contributed by atoms with Gasteiger partial charge in [-0.25, -0.2) is 8.42 Å². The Morgan fingerprint density at radius 3 is 2.53 bits per heavy atom. The van der Waals surface area contributed by atoms with E-state index < -0.39 is 10.0 Å². The number of pyridine rings is 1. The van der Waals surface area contributed by atoms with E-state index in [0.717, 1.165) is 25.7 Å². The molecule has 0 spiro atoms. The largest absolute Gasteiger partial charge is 0.279 e. The lowest BCUT2D eigenvalue weighted by molar-refractivity contribution is -0.126. The van der Waals surface area contributed by atoms with Crippen molar-refractivity contribution >= 4 is 33.2 Å². The average Bonchev–Trinajstić information content (AvgIpc) is 3.19. The Hall–Kier alpha value is -2.30. The summed E-state index contributed by atoms with van der Waals surface area (Å²) < 4.78 is 26.8. The summed E-state index contributed by atoms with van der Waals surface area (Å²) in [6, 6.07) is 5.06. The first kappa shape index (κ1) is 22.9. The second kappa shape index (κ2) is 10.1. The zero-order valence-electron chi connectivity index (χ0n) is 17.9. The quantitative estimate of drug-likeness (QED) is 0.660. The van der Waals surface area contributed by atoms with Crippen molar-refractivity contribution in [3.8, 4) is 0 Å². The molecule has 10 heteroatoms. The van der Waals surface area contributed by atoms with Crippen molar-refractivity contribution < 1.29 is 18.0 Å². The van der Waals surface area contributed by atoms with E-state index >= 15 is 0 Å². The molecule has 32 heavy (non-hydrogen) atoms. The van der Waals surface area contributed by atoms with Crippen LogP contribution in [0.5, 0.6) is 0 Å². The third-order valence-corrected chi connectivity index (χ3v) is 9.23. The van der Waals surface area contributed by atoms with E-state index in [4.69, 9.17) is 0 Å². The standard InChI is InChI=1S/C22H28N4O4S2/c27-21(16-9-12-26(13-10-16)32(29,30)18-7-5-11-23-15-18)24-25-22(28)20-14-17-6-3-1-2-4-8-19(17)31-20/h5,7,11,14-16H,1-4,6,8-10,12-13H2,(H,24,27)(H,25,28). The van der Waals surface area contributed by atoms with E-state index in [1.807, 2.05) is 6.07 Å². The fourth-order valence-electron chi connectivity index (χ4n) is 4.25. The molecule has 0 atom stereocenters. The van der Waals surface area contributed by atoms with Crippen LogP contribution < -0.4 is 10.9 Å². The first-order valence-corrected chi connectivity index (χ1v) is 13.3. The minimum atomic E-state index is -3.61. The van der Waals surface area contributed by atoms with Gasteiger partial charge in [0.05, 0.1) is 4.88 Å². The van der Waals surface area contributed by atoms with Crippen molar-refractivity contribution in [1.82, 2.24) is 20.1 Å². The molecule has 0 saturated carbocycles. The molecule has 4 rings (SSSR count). The number of fused-ring (bicyclic) bond motifs is 1. The minimum absolute atomic E-state index is 0.153. The lowest BCUT2D eigenvalue weighted by atomic mass is 9.98. The molecule has 2 aromatic rings. The van der Waals surface area contributed by atoms with Crippen LogP contribution in [-0.2, 0) is 27.7 Å². The normalized spacial score (nSPS) is 18.2. The van der Waals surface area contributed by atoms with E-state index in [2.05, 4.69) is 15.8 Å². The van der Waals surface area contributed by atoms with Crippen molar-refractivity contribution in [1.29, 1.82) is 0 Å². The fraction of sp³-hybridized carbons (Fsp3) is 0.500. The highest BCUT2D eigenvalue weighted by Crippen LogP contribution is 2.28. The van der Waals surface area contributed by atoms with Gasteiger partial charge in [0.15, 0.2) is 0 Å². The van der Waals surface area contributed by atoms with Crippen LogP contribution in [0.15, 0.2) is 35.5 Å². The number of carbonyl (C=O) groups is 2. The third-order valence-electron chi connectivity index (χ3n) is 6.12. The monoisotopic (exact) mass is 476 g/mol. The lowest BCUT2D eigenvalue weighted by Crippen LogP contribution is -2.48. The molecule has 1 saturated heterocycles. The molecule has 8 nitrogen and oxygen atoms in total. The summed E-state index contributed by atoms with van der Waals surface area (Å²) in [5.41, 5.74) is 6.32. The third kappa shape index (κ3) is 5.19. The van der Waals surface area contributed by atoms with Crippen molar-refractivity contribution in [2.45, 2.75) is 56.3 Å².